The van der Waals surface area contributed by atoms with Gasteiger partial charge in [0.1, 0.15) is 18.7 Å². The van der Waals surface area contributed by atoms with E-state index in [1.54, 1.807) is 12.1 Å². The van der Waals surface area contributed by atoms with Crippen molar-refractivity contribution in [2.24, 2.45) is 0 Å². The summed E-state index contributed by atoms with van der Waals surface area (Å²) >= 11 is 0. The standard InChI is InChI=1S/C21H20N4O2/c22-13-16-5-6-20(23-14-16)27-18-8-11-24(12-9-18)21(26)15-25-10-7-17-3-1-2-4-19(17)25/h1-7,10,14,18H,8-9,11-12,15H2. The van der Waals surface area contributed by atoms with Crippen LogP contribution < -0.4 is 4.74 Å². The fourth-order valence-electron chi connectivity index (χ4n) is 3.43. The fourth-order valence-corrected chi connectivity index (χ4v) is 3.43. The van der Waals surface area contributed by atoms with Gasteiger partial charge in [0.25, 0.3) is 0 Å². The number of nitrogens with zero attached hydrogens (tertiary/aromatic N) is 4. The minimum absolute atomic E-state index is 0.0434. The minimum atomic E-state index is 0.0434. The van der Waals surface area contributed by atoms with Gasteiger partial charge in [0, 0.05) is 49.9 Å². The number of benzene rings is 1. The number of nitriles is 1. The summed E-state index contributed by atoms with van der Waals surface area (Å²) in [4.78, 5) is 18.7. The number of carbonyl (C=O) groups excluding carboxylic acids is 1. The van der Waals surface area contributed by atoms with Gasteiger partial charge in [-0.3, -0.25) is 4.79 Å². The van der Waals surface area contributed by atoms with Crippen molar-refractivity contribution in [3.63, 3.8) is 0 Å². The second kappa shape index (κ2) is 7.50. The minimum Gasteiger partial charge on any atom is -0.474 e. The zero-order valence-electron chi connectivity index (χ0n) is 14.9. The van der Waals surface area contributed by atoms with E-state index >= 15 is 0 Å². The van der Waals surface area contributed by atoms with E-state index in [2.05, 4.69) is 11.1 Å². The molecule has 2 aromatic heterocycles. The summed E-state index contributed by atoms with van der Waals surface area (Å²) in [7, 11) is 0. The third-order valence-corrected chi connectivity index (χ3v) is 4.93. The summed E-state index contributed by atoms with van der Waals surface area (Å²) < 4.78 is 7.88. The molecule has 3 heterocycles. The van der Waals surface area contributed by atoms with Crippen LogP contribution in [-0.4, -0.2) is 39.6 Å². The Hall–Kier alpha value is -3.33. The molecule has 0 unspecified atom stereocenters. The molecule has 0 N–H and O–H groups in total. The van der Waals surface area contributed by atoms with Gasteiger partial charge in [-0.05, 0) is 23.6 Å². The van der Waals surface area contributed by atoms with Crippen molar-refractivity contribution in [2.75, 3.05) is 13.1 Å². The van der Waals surface area contributed by atoms with Gasteiger partial charge in [-0.1, -0.05) is 18.2 Å². The highest BCUT2D eigenvalue weighted by atomic mass is 16.5. The fraction of sp³-hybridized carbons (Fsp3) is 0.286. The molecule has 3 aromatic rings. The first-order valence-electron chi connectivity index (χ1n) is 9.07. The lowest BCUT2D eigenvalue weighted by molar-refractivity contribution is -0.133. The molecule has 0 radical (unpaired) electrons. The maximum atomic E-state index is 12.7. The molecule has 1 aliphatic heterocycles. The van der Waals surface area contributed by atoms with Crippen LogP contribution in [-0.2, 0) is 11.3 Å². The lowest BCUT2D eigenvalue weighted by atomic mass is 10.1. The van der Waals surface area contributed by atoms with Gasteiger partial charge >= 0.3 is 0 Å². The van der Waals surface area contributed by atoms with Crippen LogP contribution in [0.1, 0.15) is 18.4 Å². The van der Waals surface area contributed by atoms with Crippen molar-refractivity contribution in [3.8, 4) is 11.9 Å². The van der Waals surface area contributed by atoms with Crippen molar-refractivity contribution in [1.29, 1.82) is 5.26 Å². The zero-order valence-corrected chi connectivity index (χ0v) is 14.9. The van der Waals surface area contributed by atoms with Crippen LogP contribution in [0.25, 0.3) is 10.9 Å². The normalized spacial score (nSPS) is 14.9. The number of para-hydroxylation sites is 1. The van der Waals surface area contributed by atoms with Crippen molar-refractivity contribution < 1.29 is 9.53 Å². The second-order valence-electron chi connectivity index (χ2n) is 6.70. The molecule has 0 spiro atoms. The molecule has 0 bridgehead atoms. The number of ether oxygens (including phenoxy) is 1. The summed E-state index contributed by atoms with van der Waals surface area (Å²) in [5.74, 6) is 0.656. The lowest BCUT2D eigenvalue weighted by Crippen LogP contribution is -2.43. The second-order valence-corrected chi connectivity index (χ2v) is 6.70. The number of hydrogen-bond donors (Lipinski definition) is 0. The van der Waals surface area contributed by atoms with Gasteiger partial charge in [0.15, 0.2) is 0 Å². The Morgan fingerprint density at radius 3 is 2.74 bits per heavy atom. The van der Waals surface area contributed by atoms with E-state index in [0.29, 0.717) is 31.1 Å². The predicted molar refractivity (Wildman–Crippen MR) is 101 cm³/mol. The van der Waals surface area contributed by atoms with Crippen molar-refractivity contribution in [1.82, 2.24) is 14.5 Å². The quantitative estimate of drug-likeness (QED) is 0.717. The Balaban J connectivity index is 1.32. The number of fused-ring (bicyclic) bond motifs is 1. The largest absolute Gasteiger partial charge is 0.474 e. The first-order valence-corrected chi connectivity index (χ1v) is 9.07. The molecule has 6 nitrogen and oxygen atoms in total. The monoisotopic (exact) mass is 360 g/mol. The molecule has 1 aliphatic rings. The summed E-state index contributed by atoms with van der Waals surface area (Å²) in [6.07, 6.45) is 5.08. The highest BCUT2D eigenvalue weighted by Crippen LogP contribution is 2.19. The van der Waals surface area contributed by atoms with Gasteiger partial charge in [-0.25, -0.2) is 4.98 Å². The Morgan fingerprint density at radius 1 is 1.19 bits per heavy atom. The number of carbonyl (C=O) groups is 1. The molecule has 136 valence electrons. The molecular weight excluding hydrogens is 340 g/mol. The predicted octanol–water partition coefficient (Wildman–Crippen LogP) is 2.98. The molecule has 1 amide bonds. The summed E-state index contributed by atoms with van der Waals surface area (Å²) in [6, 6.07) is 15.6. The van der Waals surface area contributed by atoms with Crippen molar-refractivity contribution >= 4 is 16.8 Å². The molecule has 0 atom stereocenters. The highest BCUT2D eigenvalue weighted by Gasteiger charge is 2.24. The van der Waals surface area contributed by atoms with Crippen LogP contribution >= 0.6 is 0 Å². The molecule has 1 fully saturated rings. The molecule has 4 rings (SSSR count). The first-order chi connectivity index (χ1) is 13.2. The third-order valence-electron chi connectivity index (χ3n) is 4.93. The van der Waals surface area contributed by atoms with E-state index < -0.39 is 0 Å². The Kier molecular flexibility index (Phi) is 4.75. The van der Waals surface area contributed by atoms with Gasteiger partial charge < -0.3 is 14.2 Å². The van der Waals surface area contributed by atoms with E-state index in [0.717, 1.165) is 23.7 Å². The smallest absolute Gasteiger partial charge is 0.242 e. The number of pyridine rings is 1. The van der Waals surface area contributed by atoms with E-state index in [9.17, 15) is 4.79 Å². The molecule has 1 saturated heterocycles. The number of hydrogen-bond acceptors (Lipinski definition) is 4. The number of piperidine rings is 1. The lowest BCUT2D eigenvalue weighted by Gasteiger charge is -2.32. The molecule has 27 heavy (non-hydrogen) atoms. The van der Waals surface area contributed by atoms with E-state index in [-0.39, 0.29) is 12.0 Å². The van der Waals surface area contributed by atoms with E-state index in [1.807, 2.05) is 46.0 Å². The maximum Gasteiger partial charge on any atom is 0.242 e. The van der Waals surface area contributed by atoms with Crippen LogP contribution in [0.2, 0.25) is 0 Å². The summed E-state index contributed by atoms with van der Waals surface area (Å²) in [6.45, 7) is 1.72. The Labute approximate surface area is 157 Å². The van der Waals surface area contributed by atoms with Crippen LogP contribution in [0.3, 0.4) is 0 Å². The van der Waals surface area contributed by atoms with Gasteiger partial charge in [0.05, 0.1) is 5.56 Å². The van der Waals surface area contributed by atoms with Crippen LogP contribution in [0.5, 0.6) is 5.88 Å². The molecule has 6 heteroatoms. The van der Waals surface area contributed by atoms with E-state index in [4.69, 9.17) is 10.00 Å². The highest BCUT2D eigenvalue weighted by molar-refractivity contribution is 5.83. The topological polar surface area (TPSA) is 71.2 Å². The average Bonchev–Trinajstić information content (AvgIpc) is 3.12. The summed E-state index contributed by atoms with van der Waals surface area (Å²) in [5, 5.41) is 9.96. The van der Waals surface area contributed by atoms with Gasteiger partial charge in [-0.2, -0.15) is 5.26 Å². The molecule has 1 aromatic carbocycles. The summed E-state index contributed by atoms with van der Waals surface area (Å²) in [5.41, 5.74) is 1.59. The van der Waals surface area contributed by atoms with E-state index in [1.165, 1.54) is 6.20 Å². The van der Waals surface area contributed by atoms with Gasteiger partial charge in [0.2, 0.25) is 11.8 Å². The van der Waals surface area contributed by atoms with Crippen LogP contribution in [0, 0.1) is 11.3 Å². The van der Waals surface area contributed by atoms with Crippen LogP contribution in [0.4, 0.5) is 0 Å². The molecule has 0 aliphatic carbocycles. The number of rotatable bonds is 4. The first kappa shape index (κ1) is 17.1. The molecular formula is C21H20N4O2. The number of amides is 1. The molecule has 0 saturated carbocycles. The third kappa shape index (κ3) is 3.77. The van der Waals surface area contributed by atoms with Crippen molar-refractivity contribution in [2.45, 2.75) is 25.5 Å². The average molecular weight is 360 g/mol. The van der Waals surface area contributed by atoms with Gasteiger partial charge in [-0.15, -0.1) is 0 Å². The maximum absolute atomic E-state index is 12.7. The number of likely N-dealkylation sites (tertiary alicyclic amines) is 1. The Morgan fingerprint density at radius 2 is 2.00 bits per heavy atom. The number of aromatic nitrogens is 2. The van der Waals surface area contributed by atoms with Crippen LogP contribution in [0.15, 0.2) is 54.9 Å². The Bertz CT molecular complexity index is 979. The SMILES string of the molecule is N#Cc1ccc(OC2CCN(C(=O)Cn3ccc4ccccc43)CC2)nc1. The van der Waals surface area contributed by atoms with Crippen molar-refractivity contribution in [3.05, 3.63) is 60.4 Å². The zero-order chi connectivity index (χ0) is 18.6.